The smallest absolute Gasteiger partial charge is 0.278 e. The second-order valence-corrected chi connectivity index (χ2v) is 5.40. The van der Waals surface area contributed by atoms with Gasteiger partial charge in [0.05, 0.1) is 22.7 Å². The Hall–Kier alpha value is -1.95. The van der Waals surface area contributed by atoms with Gasteiger partial charge in [-0.1, -0.05) is 22.0 Å². The fourth-order valence-electron chi connectivity index (χ4n) is 2.01. The van der Waals surface area contributed by atoms with E-state index in [1.54, 1.807) is 20.0 Å². The largest absolute Gasteiger partial charge is 0.379 e. The molecule has 1 aromatic heterocycles. The minimum absolute atomic E-state index is 0.144. The Morgan fingerprint density at radius 3 is 2.80 bits per heavy atom. The third-order valence-electron chi connectivity index (χ3n) is 3.04. The first-order valence-corrected chi connectivity index (χ1v) is 6.87. The first-order chi connectivity index (χ1) is 9.49. The van der Waals surface area contributed by atoms with Gasteiger partial charge in [0.2, 0.25) is 0 Å². The molecule has 0 saturated carbocycles. The predicted molar refractivity (Wildman–Crippen MR) is 81.8 cm³/mol. The zero-order valence-corrected chi connectivity index (χ0v) is 12.8. The van der Waals surface area contributed by atoms with Crippen LogP contribution in [0.15, 0.2) is 34.9 Å². The molecular formula is C14H14BrN3O2. The van der Waals surface area contributed by atoms with Crippen molar-refractivity contribution in [2.24, 2.45) is 0 Å². The second kappa shape index (κ2) is 6.00. The van der Waals surface area contributed by atoms with Crippen molar-refractivity contribution in [1.29, 1.82) is 0 Å². The fraction of sp³-hybridized carbons (Fsp3) is 0.214. The molecule has 0 aliphatic heterocycles. The summed E-state index contributed by atoms with van der Waals surface area (Å²) in [5, 5.41) is 14.3. The predicted octanol–water partition coefficient (Wildman–Crippen LogP) is 3.98. The van der Waals surface area contributed by atoms with Crippen LogP contribution in [0.1, 0.15) is 16.8 Å². The van der Waals surface area contributed by atoms with Crippen LogP contribution in [0.4, 0.5) is 11.4 Å². The minimum atomic E-state index is -0.352. The summed E-state index contributed by atoms with van der Waals surface area (Å²) in [6.45, 7) is 3.88. The highest BCUT2D eigenvalue weighted by atomic mass is 79.9. The van der Waals surface area contributed by atoms with E-state index in [0.717, 1.165) is 10.2 Å². The van der Waals surface area contributed by atoms with Gasteiger partial charge in [0, 0.05) is 21.9 Å². The average molecular weight is 336 g/mol. The van der Waals surface area contributed by atoms with Crippen LogP contribution in [-0.4, -0.2) is 9.91 Å². The van der Waals surface area contributed by atoms with Gasteiger partial charge in [-0.3, -0.25) is 15.1 Å². The van der Waals surface area contributed by atoms with Gasteiger partial charge in [-0.05, 0) is 32.0 Å². The molecule has 0 aliphatic carbocycles. The Labute approximate surface area is 125 Å². The zero-order valence-electron chi connectivity index (χ0n) is 11.2. The number of nitrogens with one attached hydrogen (secondary N) is 1. The highest BCUT2D eigenvalue weighted by Crippen LogP contribution is 2.24. The molecule has 104 valence electrons. The van der Waals surface area contributed by atoms with Crippen molar-refractivity contribution in [1.82, 2.24) is 4.98 Å². The molecule has 0 spiro atoms. The van der Waals surface area contributed by atoms with Crippen molar-refractivity contribution in [3.05, 3.63) is 61.9 Å². The van der Waals surface area contributed by atoms with Crippen molar-refractivity contribution in [3.8, 4) is 0 Å². The molecule has 0 bridgehead atoms. The first kappa shape index (κ1) is 14.5. The van der Waals surface area contributed by atoms with Crippen LogP contribution >= 0.6 is 15.9 Å². The van der Waals surface area contributed by atoms with Crippen molar-refractivity contribution >= 4 is 27.3 Å². The fourth-order valence-corrected chi connectivity index (χ4v) is 2.41. The van der Waals surface area contributed by atoms with E-state index in [1.165, 1.54) is 0 Å². The molecule has 5 nitrogen and oxygen atoms in total. The SMILES string of the molecule is Cc1cnc(CNc2cccc(Br)c2)c(C)c1[N+](=O)[O-]. The first-order valence-electron chi connectivity index (χ1n) is 6.08. The monoisotopic (exact) mass is 335 g/mol. The normalized spacial score (nSPS) is 10.3. The number of aryl methyl sites for hydroxylation is 1. The standard InChI is InChI=1S/C14H14BrN3O2/c1-9-7-17-13(10(2)14(9)18(19)20)8-16-12-5-3-4-11(15)6-12/h3-7,16H,8H2,1-2H3. The van der Waals surface area contributed by atoms with E-state index in [2.05, 4.69) is 26.2 Å². The summed E-state index contributed by atoms with van der Waals surface area (Å²) in [6.07, 6.45) is 1.54. The second-order valence-electron chi connectivity index (χ2n) is 4.48. The van der Waals surface area contributed by atoms with E-state index in [1.807, 2.05) is 24.3 Å². The molecule has 0 atom stereocenters. The molecule has 0 fully saturated rings. The lowest BCUT2D eigenvalue weighted by Gasteiger charge is -2.10. The summed E-state index contributed by atoms with van der Waals surface area (Å²) in [6, 6.07) is 7.73. The molecule has 0 saturated heterocycles. The van der Waals surface area contributed by atoms with Crippen LogP contribution in [-0.2, 0) is 6.54 Å². The lowest BCUT2D eigenvalue weighted by atomic mass is 10.1. The van der Waals surface area contributed by atoms with Gasteiger partial charge in [0.1, 0.15) is 0 Å². The van der Waals surface area contributed by atoms with Gasteiger partial charge >= 0.3 is 0 Å². The van der Waals surface area contributed by atoms with E-state index in [0.29, 0.717) is 23.4 Å². The van der Waals surface area contributed by atoms with Gasteiger partial charge in [0.15, 0.2) is 0 Å². The molecule has 20 heavy (non-hydrogen) atoms. The Morgan fingerprint density at radius 2 is 2.15 bits per heavy atom. The van der Waals surface area contributed by atoms with Crippen molar-refractivity contribution in [2.75, 3.05) is 5.32 Å². The number of anilines is 1. The molecule has 0 amide bonds. The molecular weight excluding hydrogens is 322 g/mol. The summed E-state index contributed by atoms with van der Waals surface area (Å²) >= 11 is 3.40. The Kier molecular flexibility index (Phi) is 4.34. The number of nitro groups is 1. The summed E-state index contributed by atoms with van der Waals surface area (Å²) in [5.41, 5.74) is 2.95. The maximum atomic E-state index is 11.1. The van der Waals surface area contributed by atoms with Crippen molar-refractivity contribution in [3.63, 3.8) is 0 Å². The molecule has 6 heteroatoms. The number of hydrogen-bond acceptors (Lipinski definition) is 4. The number of benzene rings is 1. The zero-order chi connectivity index (χ0) is 14.7. The summed E-state index contributed by atoms with van der Waals surface area (Å²) in [5.74, 6) is 0. The third-order valence-corrected chi connectivity index (χ3v) is 3.54. The van der Waals surface area contributed by atoms with Crippen LogP contribution in [0.2, 0.25) is 0 Å². The number of hydrogen-bond donors (Lipinski definition) is 1. The summed E-state index contributed by atoms with van der Waals surface area (Å²) < 4.78 is 0.974. The van der Waals surface area contributed by atoms with E-state index in [9.17, 15) is 10.1 Å². The summed E-state index contributed by atoms with van der Waals surface area (Å²) in [4.78, 5) is 15.0. The average Bonchev–Trinajstić information content (AvgIpc) is 2.37. The maximum absolute atomic E-state index is 11.1. The van der Waals surface area contributed by atoms with Crippen molar-refractivity contribution < 1.29 is 4.92 Å². The topological polar surface area (TPSA) is 68.1 Å². The molecule has 0 aliphatic rings. The van der Waals surface area contributed by atoms with Crippen molar-refractivity contribution in [2.45, 2.75) is 20.4 Å². The highest BCUT2D eigenvalue weighted by molar-refractivity contribution is 9.10. The molecule has 1 heterocycles. The lowest BCUT2D eigenvalue weighted by Crippen LogP contribution is -2.07. The molecule has 2 aromatic rings. The molecule has 0 radical (unpaired) electrons. The number of rotatable bonds is 4. The van der Waals surface area contributed by atoms with Crippen LogP contribution in [0, 0.1) is 24.0 Å². The van der Waals surface area contributed by atoms with E-state index in [4.69, 9.17) is 0 Å². The van der Waals surface area contributed by atoms with E-state index in [-0.39, 0.29) is 10.6 Å². The Morgan fingerprint density at radius 1 is 1.40 bits per heavy atom. The van der Waals surface area contributed by atoms with Gasteiger partial charge in [-0.2, -0.15) is 0 Å². The lowest BCUT2D eigenvalue weighted by molar-refractivity contribution is -0.386. The quantitative estimate of drug-likeness (QED) is 0.677. The van der Waals surface area contributed by atoms with E-state index < -0.39 is 0 Å². The van der Waals surface area contributed by atoms with Gasteiger partial charge < -0.3 is 5.32 Å². The van der Waals surface area contributed by atoms with Gasteiger partial charge in [-0.15, -0.1) is 0 Å². The molecule has 1 N–H and O–H groups in total. The van der Waals surface area contributed by atoms with E-state index >= 15 is 0 Å². The highest BCUT2D eigenvalue weighted by Gasteiger charge is 2.18. The number of nitrogens with zero attached hydrogens (tertiary/aromatic N) is 2. The van der Waals surface area contributed by atoms with Gasteiger partial charge in [0.25, 0.3) is 5.69 Å². The number of halogens is 1. The molecule has 1 aromatic carbocycles. The van der Waals surface area contributed by atoms with Crippen LogP contribution in [0.5, 0.6) is 0 Å². The maximum Gasteiger partial charge on any atom is 0.278 e. The molecule has 2 rings (SSSR count). The Bertz CT molecular complexity index is 659. The van der Waals surface area contributed by atoms with Gasteiger partial charge in [-0.25, -0.2) is 0 Å². The van der Waals surface area contributed by atoms with Crippen LogP contribution in [0.3, 0.4) is 0 Å². The van der Waals surface area contributed by atoms with Crippen LogP contribution < -0.4 is 5.32 Å². The van der Waals surface area contributed by atoms with Crippen LogP contribution in [0.25, 0.3) is 0 Å². The third kappa shape index (κ3) is 3.14. The minimum Gasteiger partial charge on any atom is -0.379 e. The Balaban J connectivity index is 2.22. The molecule has 0 unspecified atom stereocenters. The summed E-state index contributed by atoms with van der Waals surface area (Å²) in [7, 11) is 0. The number of aromatic nitrogens is 1. The number of pyridine rings is 1.